The first-order valence-corrected chi connectivity index (χ1v) is 10.6. The van der Waals surface area contributed by atoms with E-state index >= 15 is 0 Å². The Morgan fingerprint density at radius 1 is 1.21 bits per heavy atom. The third kappa shape index (κ3) is 3.01. The Morgan fingerprint density at radius 3 is 2.90 bits per heavy atom. The molecule has 0 aliphatic carbocycles. The van der Waals surface area contributed by atoms with Crippen molar-refractivity contribution in [1.29, 1.82) is 0 Å². The average molecular weight is 396 g/mol. The Kier molecular flexibility index (Phi) is 4.51. The molecule has 1 aromatic carbocycles. The van der Waals surface area contributed by atoms with Gasteiger partial charge in [-0.2, -0.15) is 0 Å². The number of hydrogen-bond acceptors (Lipinski definition) is 4. The lowest BCUT2D eigenvalue weighted by Gasteiger charge is -2.29. The summed E-state index contributed by atoms with van der Waals surface area (Å²) in [4.78, 5) is 30.5. The maximum Gasteiger partial charge on any atom is 0.230 e. The van der Waals surface area contributed by atoms with Crippen LogP contribution in [0.25, 0.3) is 0 Å². The van der Waals surface area contributed by atoms with Gasteiger partial charge >= 0.3 is 0 Å². The molecular formula is C23H28N2O4. The molecule has 1 aromatic rings. The maximum atomic E-state index is 13.4. The number of rotatable bonds is 3. The fraction of sp³-hybridized carbons (Fsp3) is 0.565. The molecule has 3 fully saturated rings. The Bertz CT molecular complexity index is 874. The fourth-order valence-electron chi connectivity index (χ4n) is 5.29. The first-order chi connectivity index (χ1) is 14.0. The number of aryl methyl sites for hydroxylation is 2. The average Bonchev–Trinajstić information content (AvgIpc) is 3.23. The number of hydrogen-bond donors (Lipinski definition) is 0. The molecule has 6 heteroatoms. The van der Waals surface area contributed by atoms with E-state index in [1.165, 1.54) is 11.1 Å². The molecule has 4 aliphatic rings. The van der Waals surface area contributed by atoms with E-state index in [2.05, 4.69) is 32.0 Å². The monoisotopic (exact) mass is 396 g/mol. The van der Waals surface area contributed by atoms with Crippen LogP contribution in [0.2, 0.25) is 0 Å². The molecule has 5 rings (SSSR count). The highest BCUT2D eigenvalue weighted by atomic mass is 16.5. The van der Waals surface area contributed by atoms with Crippen molar-refractivity contribution in [2.45, 2.75) is 38.5 Å². The van der Waals surface area contributed by atoms with Crippen LogP contribution in [0.4, 0.5) is 0 Å². The van der Waals surface area contributed by atoms with Gasteiger partial charge in [-0.05, 0) is 37.0 Å². The van der Waals surface area contributed by atoms with Crippen LogP contribution in [-0.4, -0.2) is 66.2 Å². The van der Waals surface area contributed by atoms with Gasteiger partial charge in [0.25, 0.3) is 0 Å². The molecule has 0 saturated carbocycles. The van der Waals surface area contributed by atoms with Crippen LogP contribution in [0.1, 0.15) is 23.1 Å². The van der Waals surface area contributed by atoms with E-state index in [9.17, 15) is 9.59 Å². The number of nitrogens with zero attached hydrogens (tertiary/aromatic N) is 2. The van der Waals surface area contributed by atoms with Gasteiger partial charge in [0.15, 0.2) is 0 Å². The number of ether oxygens (including phenoxy) is 2. The van der Waals surface area contributed by atoms with Gasteiger partial charge in [-0.25, -0.2) is 0 Å². The van der Waals surface area contributed by atoms with E-state index < -0.39 is 17.4 Å². The van der Waals surface area contributed by atoms with Crippen molar-refractivity contribution in [2.24, 2.45) is 11.8 Å². The second kappa shape index (κ2) is 6.96. The first-order valence-electron chi connectivity index (χ1n) is 10.6. The van der Waals surface area contributed by atoms with Crippen LogP contribution < -0.4 is 0 Å². The highest BCUT2D eigenvalue weighted by Crippen LogP contribution is 2.52. The number of benzene rings is 1. The number of carbonyl (C=O) groups excluding carboxylic acids is 2. The van der Waals surface area contributed by atoms with Gasteiger partial charge in [0.05, 0.1) is 31.1 Å². The van der Waals surface area contributed by atoms with E-state index in [0.29, 0.717) is 39.4 Å². The summed E-state index contributed by atoms with van der Waals surface area (Å²) in [5, 5.41) is 0. The van der Waals surface area contributed by atoms with Crippen molar-refractivity contribution in [2.75, 3.05) is 32.8 Å². The zero-order chi connectivity index (χ0) is 20.2. The van der Waals surface area contributed by atoms with Crippen LogP contribution in [0.15, 0.2) is 30.4 Å². The van der Waals surface area contributed by atoms with Crippen molar-refractivity contribution >= 4 is 11.8 Å². The van der Waals surface area contributed by atoms with Gasteiger partial charge in [-0.3, -0.25) is 9.59 Å². The third-order valence-corrected chi connectivity index (χ3v) is 6.94. The van der Waals surface area contributed by atoms with E-state index in [-0.39, 0.29) is 17.9 Å². The second-order valence-corrected chi connectivity index (χ2v) is 8.80. The lowest BCUT2D eigenvalue weighted by atomic mass is 9.76. The van der Waals surface area contributed by atoms with Crippen molar-refractivity contribution in [3.8, 4) is 0 Å². The van der Waals surface area contributed by atoms with E-state index in [1.54, 1.807) is 0 Å². The molecule has 0 N–H and O–H groups in total. The minimum absolute atomic E-state index is 0.0399. The molecule has 4 heterocycles. The minimum atomic E-state index is -0.649. The van der Waals surface area contributed by atoms with Crippen LogP contribution >= 0.6 is 0 Å². The molecule has 1 spiro atoms. The summed E-state index contributed by atoms with van der Waals surface area (Å²) >= 11 is 0. The molecule has 2 bridgehead atoms. The molecule has 29 heavy (non-hydrogen) atoms. The standard InChI is InChI=1S/C23H28N2O4/c1-15-4-5-17(12-16(15)2)13-25-14-23-7-6-18(29-23)19(20(23)22(25)27)21(26)24-8-3-10-28-11-9-24/h4-7,12,18-20H,3,8-11,13-14H2,1-2H3/t18-,19?,20?,23-/m0/s1. The van der Waals surface area contributed by atoms with Gasteiger partial charge in [-0.15, -0.1) is 0 Å². The smallest absolute Gasteiger partial charge is 0.230 e. The second-order valence-electron chi connectivity index (χ2n) is 8.80. The molecule has 2 unspecified atom stereocenters. The lowest BCUT2D eigenvalue weighted by molar-refractivity contribution is -0.143. The zero-order valence-corrected chi connectivity index (χ0v) is 17.1. The maximum absolute atomic E-state index is 13.4. The van der Waals surface area contributed by atoms with Gasteiger partial charge in [0, 0.05) is 26.2 Å². The van der Waals surface area contributed by atoms with Crippen LogP contribution in [0, 0.1) is 25.7 Å². The van der Waals surface area contributed by atoms with Gasteiger partial charge in [-0.1, -0.05) is 30.4 Å². The molecule has 3 saturated heterocycles. The van der Waals surface area contributed by atoms with Gasteiger partial charge in [0.1, 0.15) is 5.60 Å². The van der Waals surface area contributed by atoms with E-state index in [0.717, 1.165) is 12.0 Å². The topological polar surface area (TPSA) is 59.1 Å². The van der Waals surface area contributed by atoms with Gasteiger partial charge in [0.2, 0.25) is 11.8 Å². The third-order valence-electron chi connectivity index (χ3n) is 6.94. The van der Waals surface area contributed by atoms with Gasteiger partial charge < -0.3 is 19.3 Å². The summed E-state index contributed by atoms with van der Waals surface area (Å²) in [6.07, 6.45) is 4.56. The highest BCUT2D eigenvalue weighted by molar-refractivity contribution is 5.93. The zero-order valence-electron chi connectivity index (χ0n) is 17.1. The fourth-order valence-corrected chi connectivity index (χ4v) is 5.29. The number of fused-ring (bicyclic) bond motifs is 1. The molecule has 6 nitrogen and oxygen atoms in total. The molecule has 0 radical (unpaired) electrons. The molecule has 4 atom stereocenters. The summed E-state index contributed by atoms with van der Waals surface area (Å²) in [6, 6.07) is 6.32. The van der Waals surface area contributed by atoms with Crippen LogP contribution in [0.3, 0.4) is 0 Å². The molecule has 154 valence electrons. The predicted molar refractivity (Wildman–Crippen MR) is 107 cm³/mol. The molecule has 2 amide bonds. The Balaban J connectivity index is 1.38. The van der Waals surface area contributed by atoms with Crippen molar-refractivity contribution in [1.82, 2.24) is 9.80 Å². The quantitative estimate of drug-likeness (QED) is 0.732. The van der Waals surface area contributed by atoms with Crippen molar-refractivity contribution in [3.05, 3.63) is 47.0 Å². The largest absolute Gasteiger partial charge is 0.380 e. The summed E-state index contributed by atoms with van der Waals surface area (Å²) < 4.78 is 11.8. The normalized spacial score (nSPS) is 33.3. The van der Waals surface area contributed by atoms with Crippen molar-refractivity contribution in [3.63, 3.8) is 0 Å². The predicted octanol–water partition coefficient (Wildman–Crippen LogP) is 1.83. The molecule has 4 aliphatic heterocycles. The summed E-state index contributed by atoms with van der Waals surface area (Å²) in [7, 11) is 0. The van der Waals surface area contributed by atoms with E-state index in [4.69, 9.17) is 9.47 Å². The SMILES string of the molecule is Cc1ccc(CN2C[C@]34C=C[C@H](O3)C(C(=O)N3CCCOCC3)C4C2=O)cc1C. The Hall–Kier alpha value is -2.18. The number of likely N-dealkylation sites (tertiary alicyclic amines) is 1. The first kappa shape index (κ1) is 18.8. The summed E-state index contributed by atoms with van der Waals surface area (Å²) in [6.45, 7) is 7.77. The lowest BCUT2D eigenvalue weighted by Crippen LogP contribution is -2.46. The summed E-state index contributed by atoms with van der Waals surface area (Å²) in [5.41, 5.74) is 2.93. The minimum Gasteiger partial charge on any atom is -0.380 e. The Labute approximate surface area is 171 Å². The van der Waals surface area contributed by atoms with E-state index in [1.807, 2.05) is 22.0 Å². The summed E-state index contributed by atoms with van der Waals surface area (Å²) in [5.74, 6) is -0.756. The Morgan fingerprint density at radius 2 is 2.07 bits per heavy atom. The van der Waals surface area contributed by atoms with Crippen molar-refractivity contribution < 1.29 is 19.1 Å². The van der Waals surface area contributed by atoms with Crippen LogP contribution in [-0.2, 0) is 25.6 Å². The highest BCUT2D eigenvalue weighted by Gasteiger charge is 2.67. The number of carbonyl (C=O) groups is 2. The van der Waals surface area contributed by atoms with Crippen LogP contribution in [0.5, 0.6) is 0 Å². The molecular weight excluding hydrogens is 368 g/mol. The number of amides is 2. The molecule has 0 aromatic heterocycles.